The zero-order chi connectivity index (χ0) is 17.9. The molecule has 0 radical (unpaired) electrons. The number of benzene rings is 1. The highest BCUT2D eigenvalue weighted by molar-refractivity contribution is 8.16. The highest BCUT2D eigenvalue weighted by atomic mass is 32.2. The first-order valence-electron chi connectivity index (χ1n) is 9.04. The van der Waals surface area contributed by atoms with Crippen LogP contribution in [-0.2, 0) is 9.59 Å². The summed E-state index contributed by atoms with van der Waals surface area (Å²) in [4.78, 5) is 27.3. The van der Waals surface area contributed by atoms with E-state index in [0.717, 1.165) is 69.6 Å². The zero-order valence-corrected chi connectivity index (χ0v) is 16.2. The Morgan fingerprint density at radius 1 is 1.12 bits per heavy atom. The first-order chi connectivity index (χ1) is 12.7. The summed E-state index contributed by atoms with van der Waals surface area (Å²) in [5, 5.41) is 3.62. The van der Waals surface area contributed by atoms with Gasteiger partial charge < -0.3 is 10.2 Å². The van der Waals surface area contributed by atoms with Crippen molar-refractivity contribution in [2.24, 2.45) is 0 Å². The molecular formula is C18H22N4O2S2. The van der Waals surface area contributed by atoms with Crippen molar-refractivity contribution in [3.05, 3.63) is 24.3 Å². The molecule has 8 heteroatoms. The van der Waals surface area contributed by atoms with Gasteiger partial charge in [0.15, 0.2) is 0 Å². The number of carbonyl (C=O) groups excluding carboxylic acids is 2. The van der Waals surface area contributed by atoms with Crippen molar-refractivity contribution in [3.63, 3.8) is 0 Å². The zero-order valence-electron chi connectivity index (χ0n) is 14.5. The second-order valence-electron chi connectivity index (χ2n) is 6.69. The molecule has 2 aliphatic rings. The highest BCUT2D eigenvalue weighted by Crippen LogP contribution is 2.29. The maximum atomic E-state index is 11.2. The van der Waals surface area contributed by atoms with Gasteiger partial charge in [0.1, 0.15) is 5.82 Å². The molecule has 2 aliphatic heterocycles. The van der Waals surface area contributed by atoms with E-state index in [1.54, 1.807) is 11.5 Å². The van der Waals surface area contributed by atoms with Crippen LogP contribution in [0.3, 0.4) is 0 Å². The number of amides is 1. The molecule has 2 saturated heterocycles. The van der Waals surface area contributed by atoms with E-state index in [-0.39, 0.29) is 10.5 Å². The molecule has 1 amide bonds. The number of nitrogens with zero attached hydrogens (tertiary/aromatic N) is 3. The van der Waals surface area contributed by atoms with E-state index in [1.807, 2.05) is 0 Å². The van der Waals surface area contributed by atoms with Crippen LogP contribution in [0.25, 0.3) is 10.1 Å². The first kappa shape index (κ1) is 17.8. The smallest absolute Gasteiger partial charge is 0.299 e. The summed E-state index contributed by atoms with van der Waals surface area (Å²) in [6.07, 6.45) is 3.00. The predicted octanol–water partition coefficient (Wildman–Crippen LogP) is 2.30. The Bertz CT molecular complexity index is 785. The van der Waals surface area contributed by atoms with Crippen molar-refractivity contribution in [1.29, 1.82) is 0 Å². The molecular weight excluding hydrogens is 368 g/mol. The van der Waals surface area contributed by atoms with Crippen molar-refractivity contribution in [3.8, 4) is 0 Å². The van der Waals surface area contributed by atoms with Crippen molar-refractivity contribution in [2.45, 2.75) is 24.6 Å². The molecule has 26 heavy (non-hydrogen) atoms. The van der Waals surface area contributed by atoms with Gasteiger partial charge in [0, 0.05) is 31.6 Å². The van der Waals surface area contributed by atoms with Crippen LogP contribution in [0.15, 0.2) is 24.3 Å². The number of unbranched alkanes of at least 4 members (excludes halogenated alkanes) is 1. The van der Waals surface area contributed by atoms with Crippen LogP contribution in [0.2, 0.25) is 0 Å². The lowest BCUT2D eigenvalue weighted by atomic mass is 10.2. The Balaban J connectivity index is 1.19. The van der Waals surface area contributed by atoms with Crippen LogP contribution in [0.5, 0.6) is 0 Å². The standard InChI is InChI=1S/C18H22N4O2S2/c23-17-18(24)25-15(19-17)7-3-4-8-21-9-11-22(12-10-21)16-13-5-1-2-6-14(13)26-20-16/h1-2,5-6,15H,3-4,7-12H2,(H,19,23). The van der Waals surface area contributed by atoms with Crippen LogP contribution in [-0.4, -0.2) is 58.4 Å². The minimum absolute atomic E-state index is 0.0233. The maximum absolute atomic E-state index is 11.2. The summed E-state index contributed by atoms with van der Waals surface area (Å²) in [5.41, 5.74) is 0. The Morgan fingerprint density at radius 3 is 2.69 bits per heavy atom. The number of fused-ring (bicyclic) bond motifs is 1. The largest absolute Gasteiger partial charge is 0.353 e. The minimum Gasteiger partial charge on any atom is -0.353 e. The Hall–Kier alpha value is -1.64. The molecule has 1 aromatic carbocycles. The number of hydrogen-bond donors (Lipinski definition) is 1. The Morgan fingerprint density at radius 2 is 1.92 bits per heavy atom. The van der Waals surface area contributed by atoms with Crippen molar-refractivity contribution < 1.29 is 9.59 Å². The van der Waals surface area contributed by atoms with E-state index in [2.05, 4.69) is 43.8 Å². The molecule has 0 spiro atoms. The van der Waals surface area contributed by atoms with E-state index >= 15 is 0 Å². The normalized spacial score (nSPS) is 21.5. The number of rotatable bonds is 6. The molecule has 2 aromatic rings. The van der Waals surface area contributed by atoms with Crippen LogP contribution in [0, 0.1) is 0 Å². The third-order valence-corrected chi connectivity index (χ3v) is 6.80. The molecule has 0 bridgehead atoms. The van der Waals surface area contributed by atoms with Gasteiger partial charge in [-0.3, -0.25) is 14.5 Å². The minimum atomic E-state index is -0.439. The van der Waals surface area contributed by atoms with Gasteiger partial charge in [-0.1, -0.05) is 23.9 Å². The molecule has 2 fully saturated rings. The van der Waals surface area contributed by atoms with E-state index in [4.69, 9.17) is 0 Å². The number of hydrogen-bond acceptors (Lipinski definition) is 7. The van der Waals surface area contributed by atoms with Gasteiger partial charge in [-0.2, -0.15) is 4.37 Å². The van der Waals surface area contributed by atoms with Gasteiger partial charge in [0.25, 0.3) is 11.0 Å². The third-order valence-electron chi connectivity index (χ3n) is 4.95. The molecule has 1 aromatic heterocycles. The summed E-state index contributed by atoms with van der Waals surface area (Å²) < 4.78 is 5.91. The quantitative estimate of drug-likeness (QED) is 0.603. The topological polar surface area (TPSA) is 65.5 Å². The van der Waals surface area contributed by atoms with Gasteiger partial charge in [0.2, 0.25) is 0 Å². The Kier molecular flexibility index (Phi) is 5.42. The van der Waals surface area contributed by atoms with Crippen LogP contribution in [0.1, 0.15) is 19.3 Å². The van der Waals surface area contributed by atoms with E-state index in [1.165, 1.54) is 10.1 Å². The number of aromatic nitrogens is 1. The number of nitrogens with one attached hydrogen (secondary N) is 1. The van der Waals surface area contributed by atoms with Gasteiger partial charge in [-0.25, -0.2) is 0 Å². The van der Waals surface area contributed by atoms with E-state index in [9.17, 15) is 9.59 Å². The second-order valence-corrected chi connectivity index (χ2v) is 8.67. The summed E-state index contributed by atoms with van der Waals surface area (Å²) in [7, 11) is 0. The van der Waals surface area contributed by atoms with Gasteiger partial charge in [0.05, 0.1) is 10.1 Å². The summed E-state index contributed by atoms with van der Waals surface area (Å²) in [5.74, 6) is 0.689. The summed E-state index contributed by atoms with van der Waals surface area (Å²) >= 11 is 2.71. The van der Waals surface area contributed by atoms with Crippen molar-refractivity contribution in [1.82, 2.24) is 14.6 Å². The van der Waals surface area contributed by atoms with Gasteiger partial charge in [-0.05, 0) is 49.5 Å². The average Bonchev–Trinajstić information content (AvgIpc) is 3.23. The first-order valence-corrected chi connectivity index (χ1v) is 10.7. The van der Waals surface area contributed by atoms with Crippen LogP contribution >= 0.6 is 23.3 Å². The molecule has 6 nitrogen and oxygen atoms in total. The third kappa shape index (κ3) is 3.87. The van der Waals surface area contributed by atoms with Crippen LogP contribution < -0.4 is 10.2 Å². The number of piperazine rings is 1. The molecule has 4 rings (SSSR count). The van der Waals surface area contributed by atoms with Gasteiger partial charge >= 0.3 is 0 Å². The fourth-order valence-corrected chi connectivity index (χ4v) is 5.17. The summed E-state index contributed by atoms with van der Waals surface area (Å²) in [6.45, 7) is 5.21. The monoisotopic (exact) mass is 390 g/mol. The van der Waals surface area contributed by atoms with E-state index < -0.39 is 5.91 Å². The fraction of sp³-hybridized carbons (Fsp3) is 0.500. The maximum Gasteiger partial charge on any atom is 0.299 e. The summed E-state index contributed by atoms with van der Waals surface area (Å²) in [6, 6.07) is 8.43. The average molecular weight is 391 g/mol. The SMILES string of the molecule is O=C1NC(CCCCN2CCN(c3nsc4ccccc34)CC2)SC1=O. The molecule has 1 atom stereocenters. The Labute approximate surface area is 161 Å². The second kappa shape index (κ2) is 7.94. The van der Waals surface area contributed by atoms with Crippen molar-refractivity contribution >= 4 is 50.2 Å². The number of carbonyl (C=O) groups is 2. The fourth-order valence-electron chi connectivity index (χ4n) is 3.50. The highest BCUT2D eigenvalue weighted by Gasteiger charge is 2.30. The molecule has 3 heterocycles. The molecule has 1 unspecified atom stereocenters. The lowest BCUT2D eigenvalue weighted by Gasteiger charge is -2.35. The molecule has 1 N–H and O–H groups in total. The lowest BCUT2D eigenvalue weighted by molar-refractivity contribution is -0.132. The predicted molar refractivity (Wildman–Crippen MR) is 107 cm³/mol. The lowest BCUT2D eigenvalue weighted by Crippen LogP contribution is -2.46. The number of anilines is 1. The van der Waals surface area contributed by atoms with Gasteiger partial charge in [-0.15, -0.1) is 0 Å². The van der Waals surface area contributed by atoms with E-state index in [0.29, 0.717) is 0 Å². The molecule has 0 saturated carbocycles. The molecule has 138 valence electrons. The van der Waals surface area contributed by atoms with Crippen LogP contribution in [0.4, 0.5) is 5.82 Å². The van der Waals surface area contributed by atoms with Crippen molar-refractivity contribution in [2.75, 3.05) is 37.6 Å². The number of thioether (sulfide) groups is 1. The molecule has 0 aliphatic carbocycles.